The predicted octanol–water partition coefficient (Wildman–Crippen LogP) is 4.80. The van der Waals surface area contributed by atoms with Crippen molar-refractivity contribution in [2.75, 3.05) is 6.61 Å². The summed E-state index contributed by atoms with van der Waals surface area (Å²) in [5.41, 5.74) is 1.35. The lowest BCUT2D eigenvalue weighted by Gasteiger charge is -2.60. The number of ether oxygens (including phenoxy) is 1. The molecule has 0 aromatic heterocycles. The Bertz CT molecular complexity index is 335. The van der Waals surface area contributed by atoms with Crippen LogP contribution >= 0.6 is 0 Å². The van der Waals surface area contributed by atoms with Crippen LogP contribution in [-0.2, 0) is 4.74 Å². The molecule has 3 fully saturated rings. The van der Waals surface area contributed by atoms with Crippen molar-refractivity contribution in [3.63, 3.8) is 0 Å². The van der Waals surface area contributed by atoms with E-state index < -0.39 is 0 Å². The predicted molar refractivity (Wildman–Crippen MR) is 75.5 cm³/mol. The molecule has 1 saturated heterocycles. The van der Waals surface area contributed by atoms with Crippen LogP contribution in [0.5, 0.6) is 0 Å². The van der Waals surface area contributed by atoms with Gasteiger partial charge in [0.2, 0.25) is 0 Å². The van der Waals surface area contributed by atoms with Crippen molar-refractivity contribution in [2.45, 2.75) is 78.2 Å². The van der Waals surface area contributed by atoms with E-state index in [0.717, 1.165) is 18.4 Å². The lowest BCUT2D eigenvalue weighted by atomic mass is 9.45. The Kier molecular flexibility index (Phi) is 2.86. The summed E-state index contributed by atoms with van der Waals surface area (Å²) in [5, 5.41) is 0. The lowest BCUT2D eigenvalue weighted by molar-refractivity contribution is -0.156. The second kappa shape index (κ2) is 3.98. The van der Waals surface area contributed by atoms with Gasteiger partial charge in [0.1, 0.15) is 0 Å². The molecule has 1 heterocycles. The fourth-order valence-electron chi connectivity index (χ4n) is 6.14. The largest absolute Gasteiger partial charge is 0.375 e. The second-order valence-electron chi connectivity index (χ2n) is 8.05. The third kappa shape index (κ3) is 1.55. The average Bonchev–Trinajstić information content (AvgIpc) is 2.73. The van der Waals surface area contributed by atoms with E-state index in [1.165, 1.54) is 44.9 Å². The highest BCUT2D eigenvalue weighted by molar-refractivity contribution is 5.10. The van der Waals surface area contributed by atoms with Crippen LogP contribution in [0.25, 0.3) is 0 Å². The van der Waals surface area contributed by atoms with Crippen molar-refractivity contribution in [3.05, 3.63) is 0 Å². The topological polar surface area (TPSA) is 9.23 Å². The van der Waals surface area contributed by atoms with Crippen LogP contribution in [0.15, 0.2) is 0 Å². The van der Waals surface area contributed by atoms with Gasteiger partial charge in [-0.3, -0.25) is 0 Å². The minimum Gasteiger partial charge on any atom is -0.375 e. The molecule has 0 aromatic rings. The van der Waals surface area contributed by atoms with Crippen LogP contribution < -0.4 is 0 Å². The lowest BCUT2D eigenvalue weighted by Crippen LogP contribution is -2.56. The molecule has 0 amide bonds. The van der Waals surface area contributed by atoms with Gasteiger partial charge < -0.3 is 4.74 Å². The molecule has 0 spiro atoms. The summed E-state index contributed by atoms with van der Waals surface area (Å²) >= 11 is 0. The average molecular weight is 250 g/mol. The Morgan fingerprint density at radius 1 is 1.00 bits per heavy atom. The molecule has 1 aliphatic heterocycles. The molecule has 0 aromatic carbocycles. The molecule has 0 bridgehead atoms. The summed E-state index contributed by atoms with van der Waals surface area (Å²) in [6, 6.07) is 0. The van der Waals surface area contributed by atoms with Crippen LogP contribution in [0.3, 0.4) is 0 Å². The normalized spacial score (nSPS) is 50.7. The molecule has 1 heteroatoms. The van der Waals surface area contributed by atoms with Gasteiger partial charge in [0.15, 0.2) is 0 Å². The molecular weight excluding hydrogens is 220 g/mol. The Labute approximate surface area is 113 Å². The third-order valence-corrected chi connectivity index (χ3v) is 6.96. The first-order valence-corrected chi connectivity index (χ1v) is 8.09. The zero-order valence-electron chi connectivity index (χ0n) is 12.7. The van der Waals surface area contributed by atoms with Gasteiger partial charge in [-0.2, -0.15) is 0 Å². The molecule has 4 atom stereocenters. The summed E-state index contributed by atoms with van der Waals surface area (Å²) in [6.45, 7) is 11.0. The van der Waals surface area contributed by atoms with Gasteiger partial charge in [0, 0.05) is 6.61 Å². The van der Waals surface area contributed by atoms with E-state index in [2.05, 4.69) is 27.7 Å². The van der Waals surface area contributed by atoms with Crippen molar-refractivity contribution >= 4 is 0 Å². The van der Waals surface area contributed by atoms with E-state index in [1.54, 1.807) is 0 Å². The highest BCUT2D eigenvalue weighted by Gasteiger charge is 2.61. The van der Waals surface area contributed by atoms with Gasteiger partial charge in [0.25, 0.3) is 0 Å². The smallest absolute Gasteiger partial charge is 0.0714 e. The molecule has 0 unspecified atom stereocenters. The van der Waals surface area contributed by atoms with Crippen molar-refractivity contribution in [1.29, 1.82) is 0 Å². The molecule has 1 nitrogen and oxygen atoms in total. The quantitative estimate of drug-likeness (QED) is 0.649. The van der Waals surface area contributed by atoms with Gasteiger partial charge >= 0.3 is 0 Å². The summed E-state index contributed by atoms with van der Waals surface area (Å²) in [7, 11) is 0. The fourth-order valence-corrected chi connectivity index (χ4v) is 6.14. The van der Waals surface area contributed by atoms with E-state index in [4.69, 9.17) is 4.74 Å². The zero-order valence-corrected chi connectivity index (χ0v) is 12.7. The molecule has 3 aliphatic rings. The molecule has 2 saturated carbocycles. The maximum atomic E-state index is 6.28. The minimum atomic E-state index is 0.249. The van der Waals surface area contributed by atoms with Gasteiger partial charge in [-0.15, -0.1) is 0 Å². The minimum absolute atomic E-state index is 0.249. The summed E-state index contributed by atoms with van der Waals surface area (Å²) < 4.78 is 6.28. The first-order chi connectivity index (χ1) is 8.45. The monoisotopic (exact) mass is 250 g/mol. The third-order valence-electron chi connectivity index (χ3n) is 6.96. The standard InChI is InChI=1S/C17H30O/c1-5-17-11-7-13-15(2,3)9-6-10-16(13,4)14(17)8-12-18-17/h13-14H,5-12H2,1-4H3/t13-,14-,16+,17+/m0/s1. The van der Waals surface area contributed by atoms with Crippen LogP contribution in [0.1, 0.15) is 72.6 Å². The van der Waals surface area contributed by atoms with Crippen LogP contribution in [0.2, 0.25) is 0 Å². The highest BCUT2D eigenvalue weighted by Crippen LogP contribution is 2.65. The molecule has 2 aliphatic carbocycles. The SMILES string of the molecule is CC[C@@]12CC[C@H]3C(C)(C)CCC[C@@]3(C)[C@@H]1CCO2. The summed E-state index contributed by atoms with van der Waals surface area (Å²) in [5.74, 6) is 1.75. The van der Waals surface area contributed by atoms with Gasteiger partial charge in [-0.1, -0.05) is 34.1 Å². The van der Waals surface area contributed by atoms with Crippen molar-refractivity contribution in [2.24, 2.45) is 22.7 Å². The number of rotatable bonds is 1. The molecule has 0 radical (unpaired) electrons. The van der Waals surface area contributed by atoms with E-state index in [0.29, 0.717) is 10.8 Å². The summed E-state index contributed by atoms with van der Waals surface area (Å²) in [4.78, 5) is 0. The van der Waals surface area contributed by atoms with Crippen molar-refractivity contribution in [1.82, 2.24) is 0 Å². The second-order valence-corrected chi connectivity index (χ2v) is 8.05. The molecule has 18 heavy (non-hydrogen) atoms. The van der Waals surface area contributed by atoms with E-state index in [9.17, 15) is 0 Å². The Morgan fingerprint density at radius 2 is 1.78 bits per heavy atom. The van der Waals surface area contributed by atoms with Crippen LogP contribution in [-0.4, -0.2) is 12.2 Å². The van der Waals surface area contributed by atoms with E-state index >= 15 is 0 Å². The van der Waals surface area contributed by atoms with Crippen LogP contribution in [0.4, 0.5) is 0 Å². The van der Waals surface area contributed by atoms with Gasteiger partial charge in [-0.05, 0) is 61.2 Å². The Balaban J connectivity index is 1.98. The maximum Gasteiger partial charge on any atom is 0.0714 e. The fraction of sp³-hybridized carbons (Fsp3) is 1.00. The highest BCUT2D eigenvalue weighted by atomic mass is 16.5. The number of hydrogen-bond donors (Lipinski definition) is 0. The first-order valence-electron chi connectivity index (χ1n) is 8.09. The molecule has 0 N–H and O–H groups in total. The summed E-state index contributed by atoms with van der Waals surface area (Å²) in [6.07, 6.45) is 9.55. The maximum absolute atomic E-state index is 6.28. The van der Waals surface area contributed by atoms with E-state index in [1.807, 2.05) is 0 Å². The van der Waals surface area contributed by atoms with Crippen LogP contribution in [0, 0.1) is 22.7 Å². The number of fused-ring (bicyclic) bond motifs is 3. The van der Waals surface area contributed by atoms with Crippen molar-refractivity contribution < 1.29 is 4.74 Å². The molecule has 104 valence electrons. The first kappa shape index (κ1) is 13.0. The number of hydrogen-bond acceptors (Lipinski definition) is 1. The van der Waals surface area contributed by atoms with E-state index in [-0.39, 0.29) is 5.60 Å². The zero-order chi connectivity index (χ0) is 13.0. The van der Waals surface area contributed by atoms with Crippen molar-refractivity contribution in [3.8, 4) is 0 Å². The Hall–Kier alpha value is -0.0400. The Morgan fingerprint density at radius 3 is 2.50 bits per heavy atom. The van der Waals surface area contributed by atoms with Gasteiger partial charge in [0.05, 0.1) is 5.60 Å². The molecular formula is C17H30O. The molecule has 3 rings (SSSR count). The van der Waals surface area contributed by atoms with Gasteiger partial charge in [-0.25, -0.2) is 0 Å².